The Balaban J connectivity index is 1.43. The van der Waals surface area contributed by atoms with Crippen LogP contribution in [0.25, 0.3) is 17.4 Å². The van der Waals surface area contributed by atoms with E-state index < -0.39 is 11.6 Å². The SMILES string of the molecule is CN1CCCc2ccc(NC(=O)C=Cc3ccc(-c4ccc(F)cc4F)o3)cc2C1. The average Bonchev–Trinajstić information content (AvgIpc) is 3.08. The van der Waals surface area contributed by atoms with E-state index in [2.05, 4.69) is 23.3 Å². The van der Waals surface area contributed by atoms with Crippen LogP contribution in [0.4, 0.5) is 14.5 Å². The number of carbonyl (C=O) groups is 1. The van der Waals surface area contributed by atoms with Crippen molar-refractivity contribution in [2.24, 2.45) is 0 Å². The summed E-state index contributed by atoms with van der Waals surface area (Å²) >= 11 is 0. The number of hydrogen-bond acceptors (Lipinski definition) is 3. The topological polar surface area (TPSA) is 45.5 Å². The molecule has 0 spiro atoms. The third kappa shape index (κ3) is 4.66. The van der Waals surface area contributed by atoms with Crippen LogP contribution < -0.4 is 5.32 Å². The fourth-order valence-electron chi connectivity index (χ4n) is 3.62. The molecule has 0 aliphatic carbocycles. The van der Waals surface area contributed by atoms with Gasteiger partial charge in [-0.3, -0.25) is 4.79 Å². The molecule has 4 rings (SSSR count). The van der Waals surface area contributed by atoms with Crippen LogP contribution in [-0.4, -0.2) is 24.4 Å². The molecule has 1 aliphatic rings. The van der Waals surface area contributed by atoms with E-state index in [1.807, 2.05) is 12.1 Å². The van der Waals surface area contributed by atoms with Crippen molar-refractivity contribution in [3.63, 3.8) is 0 Å². The van der Waals surface area contributed by atoms with E-state index in [1.165, 1.54) is 35.4 Å². The number of rotatable bonds is 4. The summed E-state index contributed by atoms with van der Waals surface area (Å²) in [5.41, 5.74) is 3.46. The number of benzene rings is 2. The Morgan fingerprint density at radius 1 is 1.10 bits per heavy atom. The number of nitrogens with one attached hydrogen (secondary N) is 1. The van der Waals surface area contributed by atoms with Crippen molar-refractivity contribution in [2.75, 3.05) is 18.9 Å². The third-order valence-electron chi connectivity index (χ3n) is 5.12. The molecule has 1 aromatic heterocycles. The Morgan fingerprint density at radius 2 is 1.97 bits per heavy atom. The largest absolute Gasteiger partial charge is 0.457 e. The minimum absolute atomic E-state index is 0.162. The van der Waals surface area contributed by atoms with Gasteiger partial charge in [-0.15, -0.1) is 0 Å². The Kier molecular flexibility index (Phi) is 5.77. The Hall–Kier alpha value is -3.25. The summed E-state index contributed by atoms with van der Waals surface area (Å²) in [5, 5.41) is 2.86. The van der Waals surface area contributed by atoms with E-state index in [0.717, 1.165) is 37.7 Å². The van der Waals surface area contributed by atoms with Gasteiger partial charge in [0.05, 0.1) is 5.56 Å². The highest BCUT2D eigenvalue weighted by Gasteiger charge is 2.13. The monoisotopic (exact) mass is 408 g/mol. The molecule has 0 saturated carbocycles. The van der Waals surface area contributed by atoms with Gasteiger partial charge in [-0.1, -0.05) is 6.07 Å². The van der Waals surface area contributed by atoms with Crippen molar-refractivity contribution < 1.29 is 18.0 Å². The summed E-state index contributed by atoms with van der Waals surface area (Å²) in [5.74, 6) is -0.979. The summed E-state index contributed by atoms with van der Waals surface area (Å²) in [7, 11) is 2.10. The first-order chi connectivity index (χ1) is 14.5. The minimum Gasteiger partial charge on any atom is -0.457 e. The first-order valence-corrected chi connectivity index (χ1v) is 9.82. The van der Waals surface area contributed by atoms with Crippen LogP contribution in [0, 0.1) is 11.6 Å². The van der Waals surface area contributed by atoms with E-state index in [4.69, 9.17) is 4.42 Å². The molecule has 2 heterocycles. The highest BCUT2D eigenvalue weighted by Crippen LogP contribution is 2.26. The molecule has 154 valence electrons. The lowest BCUT2D eigenvalue weighted by Crippen LogP contribution is -2.17. The highest BCUT2D eigenvalue weighted by molar-refractivity contribution is 6.01. The van der Waals surface area contributed by atoms with Crippen molar-refractivity contribution in [3.05, 3.63) is 83.1 Å². The van der Waals surface area contributed by atoms with Gasteiger partial charge in [0.2, 0.25) is 5.91 Å². The molecule has 6 heteroatoms. The lowest BCUT2D eigenvalue weighted by atomic mass is 10.0. The van der Waals surface area contributed by atoms with E-state index >= 15 is 0 Å². The van der Waals surface area contributed by atoms with Crippen LogP contribution in [0.15, 0.2) is 59.0 Å². The number of fused-ring (bicyclic) bond motifs is 1. The van der Waals surface area contributed by atoms with Crippen molar-refractivity contribution in [2.45, 2.75) is 19.4 Å². The lowest BCUT2D eigenvalue weighted by molar-refractivity contribution is -0.111. The molecule has 3 aromatic rings. The van der Waals surface area contributed by atoms with Gasteiger partial charge in [0.1, 0.15) is 23.2 Å². The fraction of sp³-hybridized carbons (Fsp3) is 0.208. The molecule has 1 N–H and O–H groups in total. The summed E-state index contributed by atoms with van der Waals surface area (Å²) in [6.07, 6.45) is 5.05. The van der Waals surface area contributed by atoms with Crippen molar-refractivity contribution in [3.8, 4) is 11.3 Å². The van der Waals surface area contributed by atoms with Crippen LogP contribution >= 0.6 is 0 Å². The summed E-state index contributed by atoms with van der Waals surface area (Å²) in [6.45, 7) is 1.93. The van der Waals surface area contributed by atoms with Gasteiger partial charge in [-0.05, 0) is 80.0 Å². The zero-order chi connectivity index (χ0) is 21.1. The van der Waals surface area contributed by atoms with Crippen LogP contribution in [0.1, 0.15) is 23.3 Å². The number of nitrogens with zero attached hydrogens (tertiary/aromatic N) is 1. The minimum atomic E-state index is -0.702. The van der Waals surface area contributed by atoms with E-state index in [9.17, 15) is 13.6 Å². The predicted molar refractivity (Wildman–Crippen MR) is 113 cm³/mol. The average molecular weight is 408 g/mol. The second kappa shape index (κ2) is 8.63. The van der Waals surface area contributed by atoms with Gasteiger partial charge in [-0.2, -0.15) is 0 Å². The summed E-state index contributed by atoms with van der Waals surface area (Å²) in [6, 6.07) is 12.5. The normalized spacial score (nSPS) is 14.5. The Morgan fingerprint density at radius 3 is 2.80 bits per heavy atom. The number of anilines is 1. The highest BCUT2D eigenvalue weighted by atomic mass is 19.1. The van der Waals surface area contributed by atoms with Gasteiger partial charge in [0.15, 0.2) is 0 Å². The maximum atomic E-state index is 13.9. The van der Waals surface area contributed by atoms with Crippen LogP contribution in [0.3, 0.4) is 0 Å². The fourth-order valence-corrected chi connectivity index (χ4v) is 3.62. The van der Waals surface area contributed by atoms with E-state index in [0.29, 0.717) is 5.76 Å². The number of carbonyl (C=O) groups excluding carboxylic acids is 1. The van der Waals surface area contributed by atoms with Crippen LogP contribution in [-0.2, 0) is 17.8 Å². The molecule has 4 nitrogen and oxygen atoms in total. The molecule has 0 bridgehead atoms. The molecule has 1 aliphatic heterocycles. The molecule has 0 radical (unpaired) electrons. The van der Waals surface area contributed by atoms with Crippen LogP contribution in [0.2, 0.25) is 0 Å². The first kappa shape index (κ1) is 20.0. The quantitative estimate of drug-likeness (QED) is 0.600. The van der Waals surface area contributed by atoms with Crippen molar-refractivity contribution in [1.82, 2.24) is 4.90 Å². The lowest BCUT2D eigenvalue weighted by Gasteiger charge is -2.14. The second-order valence-electron chi connectivity index (χ2n) is 7.47. The van der Waals surface area contributed by atoms with E-state index in [-0.39, 0.29) is 17.2 Å². The van der Waals surface area contributed by atoms with Crippen LogP contribution in [0.5, 0.6) is 0 Å². The Bertz CT molecular complexity index is 1100. The molecule has 0 fully saturated rings. The molecular formula is C24H22F2N2O2. The number of hydrogen-bond donors (Lipinski definition) is 1. The summed E-state index contributed by atoms with van der Waals surface area (Å²) in [4.78, 5) is 14.6. The maximum Gasteiger partial charge on any atom is 0.248 e. The zero-order valence-electron chi connectivity index (χ0n) is 16.6. The molecule has 0 unspecified atom stereocenters. The third-order valence-corrected chi connectivity index (χ3v) is 5.12. The predicted octanol–water partition coefficient (Wildman–Crippen LogP) is 5.25. The zero-order valence-corrected chi connectivity index (χ0v) is 16.6. The molecule has 2 aromatic carbocycles. The van der Waals surface area contributed by atoms with Gasteiger partial charge in [0, 0.05) is 24.4 Å². The smallest absolute Gasteiger partial charge is 0.248 e. The van der Waals surface area contributed by atoms with Gasteiger partial charge < -0.3 is 14.6 Å². The van der Waals surface area contributed by atoms with Crippen molar-refractivity contribution in [1.29, 1.82) is 0 Å². The number of aryl methyl sites for hydroxylation is 1. The number of furan rings is 1. The molecule has 30 heavy (non-hydrogen) atoms. The molecular weight excluding hydrogens is 386 g/mol. The first-order valence-electron chi connectivity index (χ1n) is 9.82. The Labute approximate surface area is 173 Å². The molecule has 0 saturated heterocycles. The number of amides is 1. The van der Waals surface area contributed by atoms with E-state index in [1.54, 1.807) is 12.1 Å². The molecule has 1 amide bonds. The molecule has 0 atom stereocenters. The summed E-state index contributed by atoms with van der Waals surface area (Å²) < 4.78 is 32.5. The standard InChI is InChI=1S/C24H22F2N2O2/c1-28-12-2-3-16-4-6-19(13-17(16)15-28)27-24(29)11-8-20-7-10-23(30-20)21-9-5-18(25)14-22(21)26/h4-11,13-14H,2-3,12,15H2,1H3,(H,27,29). The van der Waals surface area contributed by atoms with Gasteiger partial charge in [0.25, 0.3) is 0 Å². The second-order valence-corrected chi connectivity index (χ2v) is 7.47. The van der Waals surface area contributed by atoms with Crippen molar-refractivity contribution >= 4 is 17.7 Å². The maximum absolute atomic E-state index is 13.9. The van der Waals surface area contributed by atoms with Gasteiger partial charge >= 0.3 is 0 Å². The van der Waals surface area contributed by atoms with Gasteiger partial charge in [-0.25, -0.2) is 8.78 Å². The number of halogens is 2.